The van der Waals surface area contributed by atoms with Crippen molar-refractivity contribution in [2.24, 2.45) is 0 Å². The van der Waals surface area contributed by atoms with Crippen molar-refractivity contribution in [3.63, 3.8) is 0 Å². The number of hydrogen-bond acceptors (Lipinski definition) is 4. The average Bonchev–Trinajstić information content (AvgIpc) is 2.56. The van der Waals surface area contributed by atoms with Gasteiger partial charge in [0, 0.05) is 11.1 Å². The van der Waals surface area contributed by atoms with Crippen LogP contribution in [0.1, 0.15) is 15.9 Å². The number of carbonyl (C=O) groups excluding carboxylic acids is 2. The van der Waals surface area contributed by atoms with Crippen molar-refractivity contribution in [1.29, 1.82) is 0 Å². The van der Waals surface area contributed by atoms with Crippen LogP contribution in [0.3, 0.4) is 0 Å². The van der Waals surface area contributed by atoms with E-state index in [1.165, 1.54) is 0 Å². The zero-order chi connectivity index (χ0) is 14.7. The van der Waals surface area contributed by atoms with Crippen LogP contribution in [0.15, 0.2) is 65.9 Å². The lowest BCUT2D eigenvalue weighted by Crippen LogP contribution is -2.25. The largest absolute Gasteiger partial charge is 0.381 e. The lowest BCUT2D eigenvalue weighted by Gasteiger charge is -2.18. The third-order valence-corrected chi connectivity index (χ3v) is 3.12. The molecule has 4 nitrogen and oxygen atoms in total. The fourth-order valence-electron chi connectivity index (χ4n) is 2.07. The molecular weight excluding hydrogens is 266 g/mol. The molecule has 0 spiro atoms. The number of hydrogen-bond donors (Lipinski definition) is 1. The predicted octanol–water partition coefficient (Wildman–Crippen LogP) is 2.57. The van der Waals surface area contributed by atoms with Gasteiger partial charge < -0.3 is 4.84 Å². The van der Waals surface area contributed by atoms with Crippen LogP contribution >= 0.6 is 0 Å². The molecule has 3 rings (SSSR count). The van der Waals surface area contributed by atoms with Gasteiger partial charge in [0.25, 0.3) is 0 Å². The van der Waals surface area contributed by atoms with Crippen LogP contribution in [0.4, 0.5) is 0 Å². The van der Waals surface area contributed by atoms with Crippen molar-refractivity contribution < 1.29 is 14.4 Å². The predicted molar refractivity (Wildman–Crippen MR) is 78.2 cm³/mol. The molecule has 1 heterocycles. The van der Waals surface area contributed by atoms with Gasteiger partial charge in [-0.25, -0.2) is 10.3 Å². The monoisotopic (exact) mass is 277 g/mol. The number of allylic oxidation sites excluding steroid dienone is 1. The first kappa shape index (κ1) is 12.9. The van der Waals surface area contributed by atoms with Crippen molar-refractivity contribution in [3.05, 3.63) is 77.0 Å². The number of fused-ring (bicyclic) bond motifs is 1. The maximum absolute atomic E-state index is 12.4. The zero-order valence-corrected chi connectivity index (χ0v) is 11.0. The topological polar surface area (TPSA) is 55.4 Å². The zero-order valence-electron chi connectivity index (χ0n) is 11.0. The molecule has 0 unspecified atom stereocenters. The van der Waals surface area contributed by atoms with E-state index in [0.717, 1.165) is 5.56 Å². The van der Waals surface area contributed by atoms with E-state index in [0.29, 0.717) is 17.0 Å². The number of rotatable bonds is 3. The molecule has 2 aromatic rings. The second kappa shape index (κ2) is 5.49. The Kier molecular flexibility index (Phi) is 3.37. The molecule has 1 N–H and O–H groups in total. The van der Waals surface area contributed by atoms with Crippen molar-refractivity contribution in [1.82, 2.24) is 5.48 Å². The van der Waals surface area contributed by atoms with E-state index in [2.05, 4.69) is 5.48 Å². The molecule has 0 saturated carbocycles. The van der Waals surface area contributed by atoms with Crippen molar-refractivity contribution in [3.8, 4) is 5.75 Å². The number of benzene rings is 2. The number of carbonyl (C=O) groups is 1. The third-order valence-electron chi connectivity index (χ3n) is 3.12. The van der Waals surface area contributed by atoms with Gasteiger partial charge in [-0.2, -0.15) is 0 Å². The molecule has 4 heteroatoms. The molecule has 0 fully saturated rings. The summed E-state index contributed by atoms with van der Waals surface area (Å²) in [6.45, 7) is 0. The Balaban J connectivity index is 1.98. The Hall–Kier alpha value is -3.10. The fraction of sp³-hybridized carbons (Fsp3) is 0. The molecule has 0 saturated heterocycles. The second-order valence-electron chi connectivity index (χ2n) is 4.47. The first-order valence-electron chi connectivity index (χ1n) is 6.38. The maximum Gasteiger partial charge on any atom is 0.206 e. The number of para-hydroxylation sites is 1. The molecule has 0 aliphatic carbocycles. The molecule has 1 aliphatic rings. The Labute approximate surface area is 121 Å². The maximum atomic E-state index is 12.4. The van der Waals surface area contributed by atoms with Crippen molar-refractivity contribution in [2.75, 3.05) is 0 Å². The number of hydroxylamine groups is 1. The first-order valence-corrected chi connectivity index (χ1v) is 6.38. The van der Waals surface area contributed by atoms with Crippen LogP contribution in [0, 0.1) is 0 Å². The Bertz CT molecular complexity index is 772. The summed E-state index contributed by atoms with van der Waals surface area (Å²) >= 11 is 0. The summed E-state index contributed by atoms with van der Waals surface area (Å²) in [4.78, 5) is 28.9. The van der Waals surface area contributed by atoms with Gasteiger partial charge in [-0.05, 0) is 12.1 Å². The molecule has 0 radical (unpaired) electrons. The van der Waals surface area contributed by atoms with E-state index >= 15 is 0 Å². The average molecular weight is 277 g/mol. The van der Waals surface area contributed by atoms with Crippen LogP contribution in [-0.2, 0) is 4.79 Å². The molecule has 0 amide bonds. The van der Waals surface area contributed by atoms with E-state index < -0.39 is 5.78 Å². The summed E-state index contributed by atoms with van der Waals surface area (Å²) in [5.41, 5.74) is 4.05. The van der Waals surface area contributed by atoms with Gasteiger partial charge in [0.05, 0.1) is 5.70 Å². The highest BCUT2D eigenvalue weighted by Crippen LogP contribution is 2.26. The minimum atomic E-state index is -0.396. The molecule has 102 valence electrons. The van der Waals surface area contributed by atoms with Crippen LogP contribution in [0.25, 0.3) is 6.08 Å². The van der Waals surface area contributed by atoms with Gasteiger partial charge in [-0.3, -0.25) is 4.79 Å². The van der Waals surface area contributed by atoms with E-state index in [4.69, 9.17) is 4.84 Å². The van der Waals surface area contributed by atoms with Crippen molar-refractivity contribution >= 4 is 17.8 Å². The van der Waals surface area contributed by atoms with Crippen LogP contribution in [0.5, 0.6) is 5.75 Å². The highest BCUT2D eigenvalue weighted by molar-refractivity contribution is 6.16. The minimum absolute atomic E-state index is 0.0873. The fourth-order valence-corrected chi connectivity index (χ4v) is 2.07. The standard InChI is InChI=1S/C17H11NO3/c19-11-14(17(20)12-6-2-1-3-7-12)15-10-13-8-4-5-9-16(13)21-18-15/h1-10,18H. The molecule has 21 heavy (non-hydrogen) atoms. The Morgan fingerprint density at radius 2 is 1.71 bits per heavy atom. The summed E-state index contributed by atoms with van der Waals surface area (Å²) in [5, 5.41) is 0. The summed E-state index contributed by atoms with van der Waals surface area (Å²) in [6.07, 6.45) is 1.69. The number of Topliss-reactive ketones (excluding diaryl/α,β-unsaturated/α-hetero) is 1. The lowest BCUT2D eigenvalue weighted by atomic mass is 10.0. The smallest absolute Gasteiger partial charge is 0.206 e. The normalized spacial score (nSPS) is 12.1. The lowest BCUT2D eigenvalue weighted by molar-refractivity contribution is 0.103. The van der Waals surface area contributed by atoms with E-state index in [1.54, 1.807) is 48.4 Å². The minimum Gasteiger partial charge on any atom is -0.381 e. The molecule has 0 atom stereocenters. The molecular formula is C17H11NO3. The Morgan fingerprint density at radius 1 is 1.00 bits per heavy atom. The van der Waals surface area contributed by atoms with Gasteiger partial charge in [0.15, 0.2) is 5.75 Å². The molecule has 2 aromatic carbocycles. The number of nitrogens with one attached hydrogen (secondary N) is 1. The summed E-state index contributed by atoms with van der Waals surface area (Å²) in [7, 11) is 0. The Morgan fingerprint density at radius 3 is 2.48 bits per heavy atom. The van der Waals surface area contributed by atoms with E-state index in [-0.39, 0.29) is 5.57 Å². The second-order valence-corrected chi connectivity index (χ2v) is 4.47. The number of ketones is 1. The quantitative estimate of drug-likeness (QED) is 0.532. The van der Waals surface area contributed by atoms with Crippen LogP contribution in [-0.4, -0.2) is 11.7 Å². The van der Waals surface area contributed by atoms with E-state index in [9.17, 15) is 9.59 Å². The molecule has 1 aliphatic heterocycles. The van der Waals surface area contributed by atoms with Gasteiger partial charge in [0.1, 0.15) is 11.5 Å². The molecule has 0 bridgehead atoms. The van der Waals surface area contributed by atoms with Gasteiger partial charge in [0.2, 0.25) is 5.78 Å². The summed E-state index contributed by atoms with van der Waals surface area (Å²) in [6, 6.07) is 15.9. The summed E-state index contributed by atoms with van der Waals surface area (Å²) in [5.74, 6) is 1.95. The highest BCUT2D eigenvalue weighted by atomic mass is 16.6. The van der Waals surface area contributed by atoms with Crippen LogP contribution < -0.4 is 10.3 Å². The van der Waals surface area contributed by atoms with Crippen LogP contribution in [0.2, 0.25) is 0 Å². The highest BCUT2D eigenvalue weighted by Gasteiger charge is 2.21. The van der Waals surface area contributed by atoms with Gasteiger partial charge >= 0.3 is 0 Å². The first-order chi connectivity index (χ1) is 10.3. The molecule has 0 aromatic heterocycles. The van der Waals surface area contributed by atoms with Crippen molar-refractivity contribution in [2.45, 2.75) is 0 Å². The summed E-state index contributed by atoms with van der Waals surface area (Å²) < 4.78 is 0. The van der Waals surface area contributed by atoms with E-state index in [1.807, 2.05) is 18.2 Å². The SMILES string of the molecule is O=C=C(C(=O)c1ccccc1)C1=Cc2ccccc2ON1. The van der Waals surface area contributed by atoms with Gasteiger partial charge in [-0.1, -0.05) is 48.5 Å². The van der Waals surface area contributed by atoms with Gasteiger partial charge in [-0.15, -0.1) is 0 Å². The third kappa shape index (κ3) is 2.48.